The smallest absolute Gasteiger partial charge is 0.249 e. The van der Waals surface area contributed by atoms with Gasteiger partial charge in [0.05, 0.1) is 23.5 Å². The number of halogens is 3. The molecule has 1 heterocycles. The second-order valence-electron chi connectivity index (χ2n) is 5.62. The fraction of sp³-hybridized carbons (Fsp3) is 0.267. The van der Waals surface area contributed by atoms with Crippen LogP contribution in [0.1, 0.15) is 18.9 Å². The van der Waals surface area contributed by atoms with Crippen molar-refractivity contribution in [3.63, 3.8) is 0 Å². The summed E-state index contributed by atoms with van der Waals surface area (Å²) in [5.74, 6) is -0.662. The van der Waals surface area contributed by atoms with Crippen molar-refractivity contribution in [2.75, 3.05) is 0 Å². The zero-order chi connectivity index (χ0) is 16.7. The number of nitrogens with one attached hydrogen (secondary N) is 2. The number of hydrogen-bond acceptors (Lipinski definition) is 3. The number of carbonyl (C=O) groups is 1. The molecule has 1 aromatic heterocycles. The molecular weight excluding hydrogens is 342 g/mol. The summed E-state index contributed by atoms with van der Waals surface area (Å²) in [6, 6.07) is 5.96. The van der Waals surface area contributed by atoms with Crippen LogP contribution in [0.3, 0.4) is 0 Å². The van der Waals surface area contributed by atoms with Gasteiger partial charge in [-0.05, 0) is 37.6 Å². The van der Waals surface area contributed by atoms with Crippen molar-refractivity contribution in [1.82, 2.24) is 15.6 Å². The molecule has 3 rings (SSSR count). The van der Waals surface area contributed by atoms with Crippen molar-refractivity contribution in [3.05, 3.63) is 41.8 Å². The molecule has 1 saturated carbocycles. The number of hydrogen-bond donors (Lipinski definition) is 2. The van der Waals surface area contributed by atoms with Crippen LogP contribution in [-0.4, -0.2) is 26.7 Å². The normalized spacial score (nSPS) is 22.3. The van der Waals surface area contributed by atoms with Gasteiger partial charge in [-0.25, -0.2) is 9.82 Å². The number of aromatic nitrogens is 2. The topological polar surface area (TPSA) is 70.1 Å². The number of amides is 1. The van der Waals surface area contributed by atoms with Crippen LogP contribution < -0.4 is 5.43 Å². The molecule has 0 radical (unpaired) electrons. The van der Waals surface area contributed by atoms with Crippen molar-refractivity contribution >= 4 is 35.3 Å². The largest absolute Gasteiger partial charge is 0.277 e. The average Bonchev–Trinajstić information content (AvgIpc) is 2.86. The molecule has 1 fully saturated rings. The van der Waals surface area contributed by atoms with E-state index in [0.717, 1.165) is 5.56 Å². The molecule has 1 atom stereocenters. The number of rotatable bonds is 4. The molecule has 0 aliphatic heterocycles. The van der Waals surface area contributed by atoms with Gasteiger partial charge in [-0.2, -0.15) is 10.2 Å². The van der Waals surface area contributed by atoms with Gasteiger partial charge >= 0.3 is 0 Å². The number of alkyl halides is 2. The first kappa shape index (κ1) is 16.0. The van der Waals surface area contributed by atoms with E-state index in [0.29, 0.717) is 17.7 Å². The summed E-state index contributed by atoms with van der Waals surface area (Å²) in [5, 5.41) is 10.7. The van der Waals surface area contributed by atoms with E-state index in [1.165, 1.54) is 18.3 Å². The highest BCUT2D eigenvalue weighted by Gasteiger charge is 2.68. The van der Waals surface area contributed by atoms with E-state index in [9.17, 15) is 9.18 Å². The van der Waals surface area contributed by atoms with Gasteiger partial charge in [0, 0.05) is 11.1 Å². The lowest BCUT2D eigenvalue weighted by Crippen LogP contribution is -2.29. The Balaban J connectivity index is 1.71. The van der Waals surface area contributed by atoms with Crippen LogP contribution in [0.2, 0.25) is 0 Å². The van der Waals surface area contributed by atoms with E-state index in [-0.39, 0.29) is 11.7 Å². The summed E-state index contributed by atoms with van der Waals surface area (Å²) < 4.78 is 11.9. The van der Waals surface area contributed by atoms with Crippen LogP contribution in [-0.2, 0) is 4.79 Å². The number of hydrazone groups is 1. The highest BCUT2D eigenvalue weighted by Crippen LogP contribution is 2.63. The minimum Gasteiger partial charge on any atom is -0.277 e. The number of H-pyrrole nitrogens is 1. The van der Waals surface area contributed by atoms with Gasteiger partial charge in [0.2, 0.25) is 5.91 Å². The fourth-order valence-corrected chi connectivity index (χ4v) is 2.88. The zero-order valence-corrected chi connectivity index (χ0v) is 13.6. The summed E-state index contributed by atoms with van der Waals surface area (Å²) in [6.07, 6.45) is 3.40. The predicted molar refractivity (Wildman–Crippen MR) is 86.9 cm³/mol. The summed E-state index contributed by atoms with van der Waals surface area (Å²) in [6.45, 7) is 1.68. The van der Waals surface area contributed by atoms with Gasteiger partial charge in [0.15, 0.2) is 0 Å². The standard InChI is InChI=1S/C15H13Cl2FN4O/c1-14(8-15(14,16)17)13(23)22-20-7-10-6-19-21-12(10)9-2-4-11(18)5-3-9/h2-7H,8H2,1H3,(H,19,21)(H,22,23). The average molecular weight is 355 g/mol. The molecular formula is C15H13Cl2FN4O. The minimum atomic E-state index is -1.04. The van der Waals surface area contributed by atoms with Crippen LogP contribution in [0.15, 0.2) is 35.6 Å². The molecule has 23 heavy (non-hydrogen) atoms. The summed E-state index contributed by atoms with van der Waals surface area (Å²) in [7, 11) is 0. The van der Waals surface area contributed by atoms with E-state index < -0.39 is 9.75 Å². The molecule has 1 unspecified atom stereocenters. The maximum absolute atomic E-state index is 13.0. The molecule has 2 N–H and O–H groups in total. The molecule has 1 aliphatic rings. The highest BCUT2D eigenvalue weighted by atomic mass is 35.5. The quantitative estimate of drug-likeness (QED) is 0.502. The summed E-state index contributed by atoms with van der Waals surface area (Å²) in [4.78, 5) is 12.0. The molecule has 0 bridgehead atoms. The van der Waals surface area contributed by atoms with Gasteiger partial charge in [-0.15, -0.1) is 23.2 Å². The van der Waals surface area contributed by atoms with Crippen molar-refractivity contribution in [2.24, 2.45) is 10.5 Å². The lowest BCUT2D eigenvalue weighted by Gasteiger charge is -2.08. The Morgan fingerprint density at radius 1 is 1.43 bits per heavy atom. The summed E-state index contributed by atoms with van der Waals surface area (Å²) >= 11 is 11.9. The van der Waals surface area contributed by atoms with Crippen molar-refractivity contribution < 1.29 is 9.18 Å². The first-order valence-corrected chi connectivity index (χ1v) is 7.60. The zero-order valence-electron chi connectivity index (χ0n) is 12.1. The second-order valence-corrected chi connectivity index (χ2v) is 7.10. The second kappa shape index (κ2) is 5.62. The molecule has 0 spiro atoms. The first-order chi connectivity index (χ1) is 10.8. The minimum absolute atomic E-state index is 0.320. The lowest BCUT2D eigenvalue weighted by molar-refractivity contribution is -0.125. The Bertz CT molecular complexity index is 772. The van der Waals surface area contributed by atoms with Crippen molar-refractivity contribution in [2.45, 2.75) is 17.7 Å². The Hall–Kier alpha value is -1.92. The van der Waals surface area contributed by atoms with Crippen LogP contribution in [0.4, 0.5) is 4.39 Å². The molecule has 1 amide bonds. The number of benzene rings is 1. The lowest BCUT2D eigenvalue weighted by atomic mass is 10.1. The molecule has 2 aromatic rings. The van der Waals surface area contributed by atoms with Crippen molar-refractivity contribution in [1.29, 1.82) is 0 Å². The van der Waals surface area contributed by atoms with Gasteiger partial charge in [0.25, 0.3) is 0 Å². The van der Waals surface area contributed by atoms with E-state index in [2.05, 4.69) is 20.7 Å². The Labute approximate surface area is 141 Å². The van der Waals surface area contributed by atoms with E-state index in [4.69, 9.17) is 23.2 Å². The Morgan fingerprint density at radius 2 is 2.09 bits per heavy atom. The SMILES string of the molecule is CC1(C(=O)NN=Cc2cn[nH]c2-c2ccc(F)cc2)CC1(Cl)Cl. The molecule has 0 saturated heterocycles. The van der Waals surface area contributed by atoms with Crippen LogP contribution in [0, 0.1) is 11.2 Å². The number of carbonyl (C=O) groups excluding carboxylic acids is 1. The number of aromatic amines is 1. The maximum atomic E-state index is 13.0. The third-order valence-corrected chi connectivity index (χ3v) is 5.03. The van der Waals surface area contributed by atoms with Gasteiger partial charge in [0.1, 0.15) is 10.2 Å². The third kappa shape index (κ3) is 2.96. The molecule has 1 aliphatic carbocycles. The summed E-state index contributed by atoms with van der Waals surface area (Å²) in [5.41, 5.74) is 3.68. The third-order valence-electron chi connectivity index (χ3n) is 3.93. The highest BCUT2D eigenvalue weighted by molar-refractivity contribution is 6.53. The molecule has 8 heteroatoms. The Kier molecular flexibility index (Phi) is 3.90. The van der Waals surface area contributed by atoms with Gasteiger partial charge < -0.3 is 0 Å². The van der Waals surface area contributed by atoms with Crippen LogP contribution in [0.25, 0.3) is 11.3 Å². The molecule has 1 aromatic carbocycles. The van der Waals surface area contributed by atoms with Crippen molar-refractivity contribution in [3.8, 4) is 11.3 Å². The monoisotopic (exact) mass is 354 g/mol. The predicted octanol–water partition coefficient (Wildman–Crippen LogP) is 3.25. The van der Waals surface area contributed by atoms with E-state index >= 15 is 0 Å². The molecule has 5 nitrogen and oxygen atoms in total. The fourth-order valence-electron chi connectivity index (χ4n) is 2.17. The Morgan fingerprint density at radius 3 is 2.70 bits per heavy atom. The van der Waals surface area contributed by atoms with Crippen LogP contribution in [0.5, 0.6) is 0 Å². The molecule has 120 valence electrons. The first-order valence-electron chi connectivity index (χ1n) is 6.84. The van der Waals surface area contributed by atoms with E-state index in [1.807, 2.05) is 0 Å². The van der Waals surface area contributed by atoms with Gasteiger partial charge in [-0.1, -0.05) is 0 Å². The van der Waals surface area contributed by atoms with Gasteiger partial charge in [-0.3, -0.25) is 9.89 Å². The van der Waals surface area contributed by atoms with Crippen LogP contribution >= 0.6 is 23.2 Å². The maximum Gasteiger partial charge on any atom is 0.249 e. The van der Waals surface area contributed by atoms with E-state index in [1.54, 1.807) is 25.3 Å². The number of nitrogens with zero attached hydrogens (tertiary/aromatic N) is 2.